The molecule has 4 nitrogen and oxygen atoms in total. The van der Waals surface area contributed by atoms with E-state index in [2.05, 4.69) is 40.3 Å². The number of fused-ring (bicyclic) bond motifs is 2. The van der Waals surface area contributed by atoms with Crippen LogP contribution >= 0.6 is 0 Å². The molecule has 0 radical (unpaired) electrons. The van der Waals surface area contributed by atoms with E-state index in [1.165, 1.54) is 0 Å². The molecule has 144 valence electrons. The zero-order valence-electron chi connectivity index (χ0n) is 16.3. The van der Waals surface area contributed by atoms with E-state index in [0.29, 0.717) is 17.0 Å². The van der Waals surface area contributed by atoms with Crippen molar-refractivity contribution in [2.24, 2.45) is 0 Å². The Bertz CT molecular complexity index is 1470. The number of nitrogens with one attached hydrogen (secondary N) is 1. The minimum absolute atomic E-state index is 0.0291. The number of nitrogens with zero attached hydrogens (tertiary/aromatic N) is 2. The SMILES string of the molecule is O=c1cc(C2CC2)[nH]c2nc(-c3ccccc3)c(-c3ccc4ncccc4c3)cc12. The van der Waals surface area contributed by atoms with E-state index >= 15 is 0 Å². The highest BCUT2D eigenvalue weighted by molar-refractivity contribution is 5.93. The third kappa shape index (κ3) is 2.89. The lowest BCUT2D eigenvalue weighted by Crippen LogP contribution is -2.07. The van der Waals surface area contributed by atoms with Crippen molar-refractivity contribution >= 4 is 21.9 Å². The van der Waals surface area contributed by atoms with E-state index in [-0.39, 0.29) is 5.43 Å². The fourth-order valence-corrected chi connectivity index (χ4v) is 4.08. The van der Waals surface area contributed by atoms with Crippen molar-refractivity contribution in [2.75, 3.05) is 0 Å². The first-order valence-electron chi connectivity index (χ1n) is 10.2. The summed E-state index contributed by atoms with van der Waals surface area (Å²) in [6, 6.07) is 24.0. The van der Waals surface area contributed by atoms with Crippen LogP contribution in [0.1, 0.15) is 24.5 Å². The molecule has 0 amide bonds. The number of aromatic nitrogens is 3. The smallest absolute Gasteiger partial charge is 0.191 e. The average Bonchev–Trinajstić information content (AvgIpc) is 3.64. The van der Waals surface area contributed by atoms with Gasteiger partial charge in [-0.2, -0.15) is 0 Å². The maximum absolute atomic E-state index is 12.9. The summed E-state index contributed by atoms with van der Waals surface area (Å²) >= 11 is 0. The summed E-state index contributed by atoms with van der Waals surface area (Å²) in [4.78, 5) is 25.7. The summed E-state index contributed by atoms with van der Waals surface area (Å²) in [6.07, 6.45) is 4.07. The molecule has 0 bridgehead atoms. The van der Waals surface area contributed by atoms with Crippen LogP contribution in [0.15, 0.2) is 83.8 Å². The second-order valence-corrected chi connectivity index (χ2v) is 7.92. The van der Waals surface area contributed by atoms with E-state index in [1.54, 1.807) is 12.3 Å². The molecule has 3 heterocycles. The molecule has 0 saturated heterocycles. The molecule has 5 aromatic rings. The first-order chi connectivity index (χ1) is 14.8. The van der Waals surface area contributed by atoms with Gasteiger partial charge in [0.15, 0.2) is 5.43 Å². The Morgan fingerprint density at radius 1 is 0.867 bits per heavy atom. The summed E-state index contributed by atoms with van der Waals surface area (Å²) in [6.45, 7) is 0. The van der Waals surface area contributed by atoms with Crippen molar-refractivity contribution in [1.29, 1.82) is 0 Å². The van der Waals surface area contributed by atoms with Gasteiger partial charge in [0.05, 0.1) is 16.6 Å². The van der Waals surface area contributed by atoms with Gasteiger partial charge >= 0.3 is 0 Å². The number of aromatic amines is 1. The van der Waals surface area contributed by atoms with Gasteiger partial charge in [0, 0.05) is 34.5 Å². The van der Waals surface area contributed by atoms with Gasteiger partial charge in [-0.15, -0.1) is 0 Å². The monoisotopic (exact) mass is 389 g/mol. The lowest BCUT2D eigenvalue weighted by atomic mass is 9.96. The molecule has 0 atom stereocenters. The van der Waals surface area contributed by atoms with Crippen LogP contribution in [0.5, 0.6) is 0 Å². The minimum Gasteiger partial charge on any atom is -0.343 e. The van der Waals surface area contributed by atoms with Gasteiger partial charge in [-0.3, -0.25) is 9.78 Å². The zero-order chi connectivity index (χ0) is 20.1. The molecule has 1 saturated carbocycles. The molecule has 1 N–H and O–H groups in total. The molecule has 2 aromatic carbocycles. The van der Waals surface area contributed by atoms with E-state index in [1.807, 2.05) is 36.4 Å². The molecule has 4 heteroatoms. The second-order valence-electron chi connectivity index (χ2n) is 7.92. The van der Waals surface area contributed by atoms with Crippen molar-refractivity contribution in [3.05, 3.63) is 94.9 Å². The third-order valence-corrected chi connectivity index (χ3v) is 5.82. The molecule has 0 spiro atoms. The first kappa shape index (κ1) is 17.1. The van der Waals surface area contributed by atoms with Crippen molar-refractivity contribution in [1.82, 2.24) is 15.0 Å². The Morgan fingerprint density at radius 2 is 1.73 bits per heavy atom. The predicted octanol–water partition coefficient (Wildman–Crippen LogP) is 5.68. The summed E-state index contributed by atoms with van der Waals surface area (Å²) in [5, 5.41) is 1.69. The predicted molar refractivity (Wildman–Crippen MR) is 121 cm³/mol. The van der Waals surface area contributed by atoms with Crippen LogP contribution in [-0.2, 0) is 0 Å². The first-order valence-corrected chi connectivity index (χ1v) is 10.2. The highest BCUT2D eigenvalue weighted by Crippen LogP contribution is 2.39. The average molecular weight is 389 g/mol. The number of hydrogen-bond acceptors (Lipinski definition) is 3. The number of benzene rings is 2. The van der Waals surface area contributed by atoms with Gasteiger partial charge in [0.25, 0.3) is 0 Å². The molecule has 30 heavy (non-hydrogen) atoms. The molecule has 1 aliphatic rings. The highest BCUT2D eigenvalue weighted by atomic mass is 16.1. The maximum atomic E-state index is 12.9. The van der Waals surface area contributed by atoms with Crippen LogP contribution in [-0.4, -0.2) is 15.0 Å². The number of H-pyrrole nitrogens is 1. The molecule has 1 aliphatic carbocycles. The Morgan fingerprint density at radius 3 is 2.57 bits per heavy atom. The molecule has 0 unspecified atom stereocenters. The Labute approximate surface area is 173 Å². The topological polar surface area (TPSA) is 58.6 Å². The van der Waals surface area contributed by atoms with Gasteiger partial charge in [-0.25, -0.2) is 4.98 Å². The standard InChI is InChI=1S/C26H19N3O/c30-24-15-23(16-8-9-16)28-26-21(24)14-20(25(29-26)17-5-2-1-3-6-17)18-10-11-22-19(13-18)7-4-12-27-22/h1-7,10-16H,8-9H2,(H,28,29,30). The van der Waals surface area contributed by atoms with Crippen molar-refractivity contribution in [2.45, 2.75) is 18.8 Å². The molecular formula is C26H19N3O. The van der Waals surface area contributed by atoms with Crippen LogP contribution in [0.2, 0.25) is 0 Å². The van der Waals surface area contributed by atoms with Gasteiger partial charge in [-0.05, 0) is 48.6 Å². The van der Waals surface area contributed by atoms with Gasteiger partial charge < -0.3 is 4.98 Å². The largest absolute Gasteiger partial charge is 0.343 e. The van der Waals surface area contributed by atoms with Gasteiger partial charge in [0.1, 0.15) is 5.65 Å². The number of pyridine rings is 3. The lowest BCUT2D eigenvalue weighted by molar-refractivity contribution is 1.03. The van der Waals surface area contributed by atoms with Gasteiger partial charge in [0.2, 0.25) is 0 Å². The quantitative estimate of drug-likeness (QED) is 0.432. The normalized spacial score (nSPS) is 13.7. The third-order valence-electron chi connectivity index (χ3n) is 5.82. The van der Waals surface area contributed by atoms with E-state index < -0.39 is 0 Å². The fourth-order valence-electron chi connectivity index (χ4n) is 4.08. The zero-order valence-corrected chi connectivity index (χ0v) is 16.3. The van der Waals surface area contributed by atoms with Crippen molar-refractivity contribution in [3.8, 4) is 22.4 Å². The van der Waals surface area contributed by atoms with Crippen LogP contribution in [0, 0.1) is 0 Å². The minimum atomic E-state index is 0.0291. The van der Waals surface area contributed by atoms with E-state index in [0.717, 1.165) is 51.8 Å². The Hall–Kier alpha value is -3.79. The Kier molecular flexibility index (Phi) is 3.78. The summed E-state index contributed by atoms with van der Waals surface area (Å²) in [5.41, 5.74) is 6.51. The summed E-state index contributed by atoms with van der Waals surface area (Å²) < 4.78 is 0. The maximum Gasteiger partial charge on any atom is 0.191 e. The van der Waals surface area contributed by atoms with Crippen molar-refractivity contribution in [3.63, 3.8) is 0 Å². The number of rotatable bonds is 3. The summed E-state index contributed by atoms with van der Waals surface area (Å²) in [7, 11) is 0. The highest BCUT2D eigenvalue weighted by Gasteiger charge is 2.25. The molecule has 1 fully saturated rings. The molecule has 6 rings (SSSR count). The van der Waals surface area contributed by atoms with Crippen LogP contribution in [0.25, 0.3) is 44.3 Å². The summed E-state index contributed by atoms with van der Waals surface area (Å²) in [5.74, 6) is 0.469. The fraction of sp³-hybridized carbons (Fsp3) is 0.115. The van der Waals surface area contributed by atoms with Crippen LogP contribution < -0.4 is 5.43 Å². The van der Waals surface area contributed by atoms with Crippen molar-refractivity contribution < 1.29 is 0 Å². The van der Waals surface area contributed by atoms with E-state index in [4.69, 9.17) is 4.98 Å². The molecule has 0 aliphatic heterocycles. The van der Waals surface area contributed by atoms with E-state index in [9.17, 15) is 4.79 Å². The lowest BCUT2D eigenvalue weighted by Gasteiger charge is -2.13. The molecule has 3 aromatic heterocycles. The van der Waals surface area contributed by atoms with Crippen LogP contribution in [0.4, 0.5) is 0 Å². The molecular weight excluding hydrogens is 370 g/mol. The van der Waals surface area contributed by atoms with Crippen LogP contribution in [0.3, 0.4) is 0 Å². The van der Waals surface area contributed by atoms with Gasteiger partial charge in [-0.1, -0.05) is 42.5 Å². The Balaban J connectivity index is 1.65. The second kappa shape index (κ2) is 6.63. The number of hydrogen-bond donors (Lipinski definition) is 1.